The Labute approximate surface area is 209 Å². The van der Waals surface area contributed by atoms with Gasteiger partial charge in [0.15, 0.2) is 0 Å². The van der Waals surface area contributed by atoms with Gasteiger partial charge in [0.25, 0.3) is 10.0 Å². The Morgan fingerprint density at radius 3 is 2.56 bits per heavy atom. The van der Waals surface area contributed by atoms with E-state index >= 15 is 0 Å². The van der Waals surface area contributed by atoms with Gasteiger partial charge in [-0.15, -0.1) is 0 Å². The molecule has 1 aliphatic heterocycles. The number of anilines is 2. The molecular formula is C26H24Cl2N2O3S. The van der Waals surface area contributed by atoms with Gasteiger partial charge in [-0.25, -0.2) is 8.42 Å². The van der Waals surface area contributed by atoms with E-state index in [4.69, 9.17) is 27.9 Å². The number of benzene rings is 3. The van der Waals surface area contributed by atoms with Crippen molar-refractivity contribution in [1.29, 1.82) is 0 Å². The van der Waals surface area contributed by atoms with Crippen molar-refractivity contribution < 1.29 is 13.2 Å². The fraction of sp³-hybridized carbons (Fsp3) is 0.231. The molecule has 34 heavy (non-hydrogen) atoms. The topological polar surface area (TPSA) is 67.4 Å². The summed E-state index contributed by atoms with van der Waals surface area (Å²) in [6, 6.07) is 16.0. The predicted octanol–water partition coefficient (Wildman–Crippen LogP) is 6.94. The van der Waals surface area contributed by atoms with E-state index in [0.717, 1.165) is 28.8 Å². The molecule has 5 nitrogen and oxygen atoms in total. The van der Waals surface area contributed by atoms with Gasteiger partial charge in [-0.05, 0) is 72.9 Å². The van der Waals surface area contributed by atoms with Crippen molar-refractivity contribution in [3.63, 3.8) is 0 Å². The third kappa shape index (κ3) is 4.04. The molecule has 1 heterocycles. The highest BCUT2D eigenvalue weighted by molar-refractivity contribution is 7.92. The largest absolute Gasteiger partial charge is 0.495 e. The number of sulfonamides is 1. The van der Waals surface area contributed by atoms with E-state index in [1.807, 2.05) is 37.3 Å². The summed E-state index contributed by atoms with van der Waals surface area (Å²) in [4.78, 5) is 0.199. The van der Waals surface area contributed by atoms with Gasteiger partial charge in [-0.2, -0.15) is 0 Å². The number of rotatable bonds is 5. The fourth-order valence-electron chi connectivity index (χ4n) is 4.94. The lowest BCUT2D eigenvalue weighted by Gasteiger charge is -2.38. The van der Waals surface area contributed by atoms with Gasteiger partial charge < -0.3 is 10.1 Å². The summed E-state index contributed by atoms with van der Waals surface area (Å²) in [7, 11) is -2.31. The lowest BCUT2D eigenvalue weighted by molar-refractivity contribution is 0.417. The Balaban J connectivity index is 1.52. The van der Waals surface area contributed by atoms with Crippen molar-refractivity contribution in [2.24, 2.45) is 5.92 Å². The molecule has 0 saturated heterocycles. The number of nitrogens with one attached hydrogen (secondary N) is 2. The van der Waals surface area contributed by atoms with Gasteiger partial charge in [0.1, 0.15) is 5.75 Å². The Hall–Kier alpha value is -2.67. The summed E-state index contributed by atoms with van der Waals surface area (Å²) < 4.78 is 34.6. The number of methoxy groups -OCH3 is 1. The van der Waals surface area contributed by atoms with Crippen molar-refractivity contribution in [1.82, 2.24) is 0 Å². The standard InChI is InChI=1S/C26H24Cl2N2O3S/c1-15-9-12-24(33-2)23(13-15)30-34(31,32)16-10-11-22-19(14-16)17-5-3-6-18(17)26(29-22)25-20(27)7-4-8-21(25)28/h3-5,7-14,17-18,26,29-30H,6H2,1-2H3/t17-,18+,26-/m0/s1. The molecule has 0 spiro atoms. The first-order chi connectivity index (χ1) is 16.3. The molecule has 5 rings (SSSR count). The van der Waals surface area contributed by atoms with Crippen LogP contribution in [0.3, 0.4) is 0 Å². The van der Waals surface area contributed by atoms with E-state index in [9.17, 15) is 8.42 Å². The van der Waals surface area contributed by atoms with Crippen LogP contribution in [0, 0.1) is 12.8 Å². The normalized spacial score (nSPS) is 20.9. The van der Waals surface area contributed by atoms with Crippen LogP contribution in [-0.4, -0.2) is 15.5 Å². The van der Waals surface area contributed by atoms with Crippen LogP contribution in [0.4, 0.5) is 11.4 Å². The molecule has 3 aromatic rings. The minimum absolute atomic E-state index is 0.0530. The number of fused-ring (bicyclic) bond motifs is 3. The Bertz CT molecular complexity index is 1380. The third-order valence-electron chi connectivity index (χ3n) is 6.55. The van der Waals surface area contributed by atoms with Crippen molar-refractivity contribution in [3.8, 4) is 5.75 Å². The van der Waals surface area contributed by atoms with Gasteiger partial charge in [0, 0.05) is 27.2 Å². The summed E-state index contributed by atoms with van der Waals surface area (Å²) >= 11 is 13.1. The highest BCUT2D eigenvalue weighted by Crippen LogP contribution is 2.52. The molecule has 2 N–H and O–H groups in total. The second kappa shape index (κ2) is 8.84. The van der Waals surface area contributed by atoms with E-state index < -0.39 is 10.0 Å². The molecular weight excluding hydrogens is 491 g/mol. The number of halogens is 2. The average Bonchev–Trinajstić information content (AvgIpc) is 3.29. The van der Waals surface area contributed by atoms with Crippen molar-refractivity contribution >= 4 is 44.6 Å². The van der Waals surface area contributed by atoms with Gasteiger partial charge in [-0.3, -0.25) is 4.72 Å². The maximum absolute atomic E-state index is 13.3. The van der Waals surface area contributed by atoms with Crippen molar-refractivity contribution in [2.45, 2.75) is 30.2 Å². The van der Waals surface area contributed by atoms with Crippen LogP contribution in [-0.2, 0) is 10.0 Å². The second-order valence-corrected chi connectivity index (χ2v) is 11.2. The zero-order chi connectivity index (χ0) is 24.0. The van der Waals surface area contributed by atoms with Crippen molar-refractivity contribution in [2.75, 3.05) is 17.1 Å². The van der Waals surface area contributed by atoms with Crippen LogP contribution in [0.1, 0.15) is 35.1 Å². The predicted molar refractivity (Wildman–Crippen MR) is 138 cm³/mol. The molecule has 0 aromatic heterocycles. The first-order valence-electron chi connectivity index (χ1n) is 11.0. The lowest BCUT2D eigenvalue weighted by atomic mass is 9.77. The second-order valence-electron chi connectivity index (χ2n) is 8.67. The molecule has 0 fully saturated rings. The molecule has 1 aliphatic carbocycles. The molecule has 0 saturated carbocycles. The maximum Gasteiger partial charge on any atom is 0.262 e. The SMILES string of the molecule is COc1ccc(C)cc1NS(=O)(=O)c1ccc2c(c1)[C@H]1C=CC[C@H]1[C@@H](c1c(Cl)cccc1Cl)N2. The summed E-state index contributed by atoms with van der Waals surface area (Å²) in [5.74, 6) is 0.692. The average molecular weight is 515 g/mol. The van der Waals surface area contributed by atoms with E-state index in [-0.39, 0.29) is 22.8 Å². The van der Waals surface area contributed by atoms with Gasteiger partial charge in [0.05, 0.1) is 23.7 Å². The van der Waals surface area contributed by atoms with Crippen LogP contribution in [0.5, 0.6) is 5.75 Å². The molecule has 0 unspecified atom stereocenters. The monoisotopic (exact) mass is 514 g/mol. The molecule has 0 radical (unpaired) electrons. The lowest BCUT2D eigenvalue weighted by Crippen LogP contribution is -2.30. The Morgan fingerprint density at radius 1 is 1.06 bits per heavy atom. The number of hydrogen-bond donors (Lipinski definition) is 2. The quantitative estimate of drug-likeness (QED) is 0.362. The number of aryl methyl sites for hydroxylation is 1. The van der Waals surface area contributed by atoms with E-state index in [1.165, 1.54) is 7.11 Å². The zero-order valence-electron chi connectivity index (χ0n) is 18.7. The van der Waals surface area contributed by atoms with Crippen LogP contribution >= 0.6 is 23.2 Å². The number of allylic oxidation sites excluding steroid dienone is 2. The molecule has 2 aliphatic rings. The minimum atomic E-state index is -3.83. The van der Waals surface area contributed by atoms with E-state index in [0.29, 0.717) is 21.5 Å². The minimum Gasteiger partial charge on any atom is -0.495 e. The molecule has 0 amide bonds. The summed E-state index contributed by atoms with van der Waals surface area (Å²) in [5, 5.41) is 4.82. The highest BCUT2D eigenvalue weighted by Gasteiger charge is 2.40. The molecule has 3 aromatic carbocycles. The van der Waals surface area contributed by atoms with E-state index in [2.05, 4.69) is 22.2 Å². The molecule has 3 atom stereocenters. The molecule has 176 valence electrons. The van der Waals surface area contributed by atoms with Crippen molar-refractivity contribution in [3.05, 3.63) is 93.5 Å². The van der Waals surface area contributed by atoms with Gasteiger partial charge in [-0.1, -0.05) is 47.5 Å². The zero-order valence-corrected chi connectivity index (χ0v) is 21.0. The van der Waals surface area contributed by atoms with E-state index in [1.54, 1.807) is 24.3 Å². The van der Waals surface area contributed by atoms with Crippen LogP contribution in [0.15, 0.2) is 71.6 Å². The van der Waals surface area contributed by atoms with Crippen LogP contribution < -0.4 is 14.8 Å². The van der Waals surface area contributed by atoms with Crippen LogP contribution in [0.25, 0.3) is 0 Å². The Morgan fingerprint density at radius 2 is 1.82 bits per heavy atom. The molecule has 0 bridgehead atoms. The van der Waals surface area contributed by atoms with Crippen LogP contribution in [0.2, 0.25) is 10.0 Å². The maximum atomic E-state index is 13.3. The first-order valence-corrected chi connectivity index (χ1v) is 13.2. The summed E-state index contributed by atoms with van der Waals surface area (Å²) in [5.41, 5.74) is 4.03. The van der Waals surface area contributed by atoms with Gasteiger partial charge >= 0.3 is 0 Å². The Kier molecular flexibility index (Phi) is 6.00. The number of hydrogen-bond acceptors (Lipinski definition) is 4. The third-order valence-corrected chi connectivity index (χ3v) is 8.58. The summed E-state index contributed by atoms with van der Waals surface area (Å²) in [6.45, 7) is 1.90. The highest BCUT2D eigenvalue weighted by atomic mass is 35.5. The fourth-order valence-corrected chi connectivity index (χ4v) is 6.67. The summed E-state index contributed by atoms with van der Waals surface area (Å²) in [6.07, 6.45) is 5.13. The van der Waals surface area contributed by atoms with Gasteiger partial charge in [0.2, 0.25) is 0 Å². The smallest absolute Gasteiger partial charge is 0.262 e. The molecule has 8 heteroatoms. The number of ether oxygens (including phenoxy) is 1. The first kappa shape index (κ1) is 23.1.